The molecule has 0 heterocycles. The fraction of sp³-hybridized carbons (Fsp3) is 0.368. The van der Waals surface area contributed by atoms with E-state index >= 15 is 0 Å². The Balaban J connectivity index is 2.04. The first-order chi connectivity index (χ1) is 13.4. The van der Waals surface area contributed by atoms with Gasteiger partial charge in [-0.25, -0.2) is 0 Å². The van der Waals surface area contributed by atoms with Gasteiger partial charge in [-0.2, -0.15) is 26.3 Å². The minimum Gasteiger partial charge on any atom is -0.357 e. The van der Waals surface area contributed by atoms with Gasteiger partial charge in [-0.1, -0.05) is 53.5 Å². The molecule has 0 spiro atoms. The summed E-state index contributed by atoms with van der Waals surface area (Å²) in [6.07, 6.45) is -10.7. The van der Waals surface area contributed by atoms with Crippen molar-refractivity contribution in [3.8, 4) is 0 Å². The molecule has 1 N–H and O–H groups in total. The highest BCUT2D eigenvalue weighted by atomic mass is 35.5. The smallest absolute Gasteiger partial charge is 0.357 e. The van der Waals surface area contributed by atoms with E-state index in [9.17, 15) is 26.3 Å². The first-order valence-corrected chi connectivity index (χ1v) is 9.10. The number of hydrogen-bond acceptors (Lipinski definition) is 2. The van der Waals surface area contributed by atoms with Gasteiger partial charge < -0.3 is 10.1 Å². The topological polar surface area (TPSA) is 21.3 Å². The van der Waals surface area contributed by atoms with Crippen LogP contribution in [0, 0.1) is 0 Å². The van der Waals surface area contributed by atoms with Crippen molar-refractivity contribution in [3.05, 3.63) is 69.2 Å². The Bertz CT molecular complexity index is 807. The number of benzene rings is 2. The Morgan fingerprint density at radius 1 is 0.828 bits per heavy atom. The van der Waals surface area contributed by atoms with Crippen LogP contribution in [0.5, 0.6) is 0 Å². The van der Waals surface area contributed by atoms with Gasteiger partial charge in [0.05, 0.1) is 10.0 Å². The normalized spacial score (nSPS) is 13.0. The molecule has 0 fully saturated rings. The van der Waals surface area contributed by atoms with Gasteiger partial charge in [0.25, 0.3) is 5.60 Å². The molecule has 0 atom stereocenters. The molecule has 0 saturated carbocycles. The van der Waals surface area contributed by atoms with Crippen molar-refractivity contribution in [2.45, 2.75) is 30.9 Å². The summed E-state index contributed by atoms with van der Waals surface area (Å²) >= 11 is 11.8. The molecule has 0 bridgehead atoms. The summed E-state index contributed by atoms with van der Waals surface area (Å²) in [6.45, 7) is 0.784. The molecular weight excluding hydrogens is 443 g/mol. The minimum atomic E-state index is -5.67. The summed E-state index contributed by atoms with van der Waals surface area (Å²) in [6, 6.07) is 9.16. The third kappa shape index (κ3) is 5.17. The summed E-state index contributed by atoms with van der Waals surface area (Å²) in [7, 11) is 0.388. The SMILES string of the molecule is COC(c1ccc(CNCCc2ccc(Cl)c(Cl)c2)cc1)(C(F)(F)F)C(F)(F)F. The molecule has 2 nitrogen and oxygen atoms in total. The first-order valence-electron chi connectivity index (χ1n) is 8.35. The van der Waals surface area contributed by atoms with Gasteiger partial charge in [0.15, 0.2) is 0 Å². The molecule has 0 aromatic heterocycles. The van der Waals surface area contributed by atoms with E-state index in [4.69, 9.17) is 23.2 Å². The molecule has 2 aromatic carbocycles. The van der Waals surface area contributed by atoms with Crippen LogP contribution in [0.4, 0.5) is 26.3 Å². The largest absolute Gasteiger partial charge is 0.430 e. The molecule has 10 heteroatoms. The van der Waals surface area contributed by atoms with Gasteiger partial charge in [0, 0.05) is 19.2 Å². The molecule has 0 unspecified atom stereocenters. The molecule has 160 valence electrons. The molecule has 0 saturated heterocycles. The highest BCUT2D eigenvalue weighted by Gasteiger charge is 2.72. The first kappa shape index (κ1) is 23.8. The summed E-state index contributed by atoms with van der Waals surface area (Å²) in [5.41, 5.74) is -3.95. The van der Waals surface area contributed by atoms with Crippen LogP contribution in [0.1, 0.15) is 16.7 Å². The highest BCUT2D eigenvalue weighted by molar-refractivity contribution is 6.42. The van der Waals surface area contributed by atoms with E-state index in [1.54, 1.807) is 12.1 Å². The predicted molar refractivity (Wildman–Crippen MR) is 99.1 cm³/mol. The van der Waals surface area contributed by atoms with Crippen LogP contribution in [-0.2, 0) is 23.3 Å². The van der Waals surface area contributed by atoms with E-state index < -0.39 is 23.5 Å². The highest BCUT2D eigenvalue weighted by Crippen LogP contribution is 2.52. The molecular formula is C19H17Cl2F6NO. The number of alkyl halides is 6. The Kier molecular flexibility index (Phi) is 7.48. The zero-order chi connectivity index (χ0) is 21.9. The fourth-order valence-electron chi connectivity index (χ4n) is 2.86. The number of halogens is 8. The summed E-state index contributed by atoms with van der Waals surface area (Å²) in [5, 5.41) is 3.93. The van der Waals surface area contributed by atoms with Gasteiger partial charge in [0.2, 0.25) is 0 Å². The summed E-state index contributed by atoms with van der Waals surface area (Å²) < 4.78 is 83.4. The van der Waals surface area contributed by atoms with E-state index in [0.717, 1.165) is 17.7 Å². The van der Waals surface area contributed by atoms with Crippen molar-refractivity contribution in [3.63, 3.8) is 0 Å². The lowest BCUT2D eigenvalue weighted by Gasteiger charge is -2.36. The van der Waals surface area contributed by atoms with Gasteiger partial charge in [-0.3, -0.25) is 0 Å². The maximum atomic E-state index is 13.2. The Morgan fingerprint density at radius 2 is 1.38 bits per heavy atom. The lowest BCUT2D eigenvalue weighted by molar-refractivity contribution is -0.383. The number of ether oxygens (including phenoxy) is 1. The molecule has 2 rings (SSSR count). The maximum Gasteiger partial charge on any atom is 0.430 e. The van der Waals surface area contributed by atoms with Gasteiger partial charge in [0.1, 0.15) is 0 Å². The molecule has 0 radical (unpaired) electrons. The monoisotopic (exact) mass is 459 g/mol. The number of hydrogen-bond donors (Lipinski definition) is 1. The number of rotatable bonds is 7. The second-order valence-electron chi connectivity index (χ2n) is 6.25. The number of methoxy groups -OCH3 is 1. The second-order valence-corrected chi connectivity index (χ2v) is 7.07. The summed E-state index contributed by atoms with van der Waals surface area (Å²) in [5.74, 6) is 0. The van der Waals surface area contributed by atoms with Crippen molar-refractivity contribution in [2.75, 3.05) is 13.7 Å². The second kappa shape index (κ2) is 9.12. The van der Waals surface area contributed by atoms with Crippen molar-refractivity contribution in [1.29, 1.82) is 0 Å². The zero-order valence-corrected chi connectivity index (χ0v) is 16.6. The molecule has 0 aliphatic rings. The van der Waals surface area contributed by atoms with Crippen molar-refractivity contribution < 1.29 is 31.1 Å². The average Bonchev–Trinajstić information content (AvgIpc) is 2.61. The van der Waals surface area contributed by atoms with Crippen LogP contribution in [0.3, 0.4) is 0 Å². The maximum absolute atomic E-state index is 13.2. The van der Waals surface area contributed by atoms with Crippen LogP contribution in [-0.4, -0.2) is 26.0 Å². The molecule has 0 amide bonds. The third-order valence-corrected chi connectivity index (χ3v) is 5.11. The Labute approximate surface area is 173 Å². The van der Waals surface area contributed by atoms with Crippen LogP contribution >= 0.6 is 23.2 Å². The lowest BCUT2D eigenvalue weighted by atomic mass is 9.91. The Hall–Kier alpha value is -1.48. The van der Waals surface area contributed by atoms with E-state index in [2.05, 4.69) is 10.1 Å². The third-order valence-electron chi connectivity index (χ3n) is 4.37. The van der Waals surface area contributed by atoms with Crippen LogP contribution in [0.25, 0.3) is 0 Å². The van der Waals surface area contributed by atoms with Crippen LogP contribution < -0.4 is 5.32 Å². The van der Waals surface area contributed by atoms with Crippen molar-refractivity contribution >= 4 is 23.2 Å². The van der Waals surface area contributed by atoms with Crippen molar-refractivity contribution in [1.82, 2.24) is 5.32 Å². The molecule has 2 aromatic rings. The predicted octanol–water partition coefficient (Wildman–Crippen LogP) is 6.29. The molecule has 0 aliphatic heterocycles. The van der Waals surface area contributed by atoms with Crippen LogP contribution in [0.15, 0.2) is 42.5 Å². The van der Waals surface area contributed by atoms with E-state index in [1.165, 1.54) is 12.1 Å². The van der Waals surface area contributed by atoms with E-state index in [-0.39, 0.29) is 6.54 Å². The van der Waals surface area contributed by atoms with Gasteiger partial charge >= 0.3 is 12.4 Å². The van der Waals surface area contributed by atoms with Gasteiger partial charge in [-0.15, -0.1) is 0 Å². The average molecular weight is 460 g/mol. The fourth-order valence-corrected chi connectivity index (χ4v) is 3.18. The van der Waals surface area contributed by atoms with Crippen molar-refractivity contribution in [2.24, 2.45) is 0 Å². The van der Waals surface area contributed by atoms with Crippen LogP contribution in [0.2, 0.25) is 10.0 Å². The Morgan fingerprint density at radius 3 is 1.86 bits per heavy atom. The zero-order valence-electron chi connectivity index (χ0n) is 15.1. The lowest BCUT2D eigenvalue weighted by Crippen LogP contribution is -2.55. The standard InChI is InChI=1S/C19H17Cl2F6NO/c1-29-17(18(22,23)24,19(25,26)27)14-5-2-13(3-6-14)11-28-9-8-12-4-7-15(20)16(21)10-12/h2-7,10,28H,8-9,11H2,1H3. The summed E-state index contributed by atoms with van der Waals surface area (Å²) in [4.78, 5) is 0. The molecule has 0 aliphatic carbocycles. The van der Waals surface area contributed by atoms with E-state index in [1.807, 2.05) is 6.07 Å². The van der Waals surface area contributed by atoms with Gasteiger partial charge in [-0.05, 0) is 36.2 Å². The van der Waals surface area contributed by atoms with E-state index in [0.29, 0.717) is 35.7 Å². The molecule has 29 heavy (non-hydrogen) atoms. The number of nitrogens with one attached hydrogen (secondary N) is 1. The quantitative estimate of drug-likeness (QED) is 0.387. The minimum absolute atomic E-state index is 0.264.